The van der Waals surface area contributed by atoms with Crippen molar-refractivity contribution in [2.75, 3.05) is 17.2 Å². The molecule has 0 fully saturated rings. The van der Waals surface area contributed by atoms with Crippen LogP contribution in [0.15, 0.2) is 30.3 Å². The summed E-state index contributed by atoms with van der Waals surface area (Å²) in [5, 5.41) is 23.3. The van der Waals surface area contributed by atoms with Crippen molar-refractivity contribution < 1.29 is 18.3 Å². The molecule has 1 atom stereocenters. The van der Waals surface area contributed by atoms with Gasteiger partial charge in [-0.25, -0.2) is 4.98 Å². The van der Waals surface area contributed by atoms with Gasteiger partial charge in [0, 0.05) is 12.1 Å². The summed E-state index contributed by atoms with van der Waals surface area (Å²) in [6.07, 6.45) is -4.66. The number of nitriles is 1. The number of rotatable bonds is 5. The largest absolute Gasteiger partial charge is 0.433 e. The van der Waals surface area contributed by atoms with Gasteiger partial charge in [0.2, 0.25) is 5.95 Å². The van der Waals surface area contributed by atoms with Crippen LogP contribution < -0.4 is 10.6 Å². The van der Waals surface area contributed by atoms with Crippen LogP contribution in [-0.4, -0.2) is 27.7 Å². The number of alkyl halides is 3. The van der Waals surface area contributed by atoms with E-state index >= 15 is 0 Å². The minimum Gasteiger partial charge on any atom is -0.394 e. The van der Waals surface area contributed by atoms with E-state index in [0.29, 0.717) is 5.69 Å². The first-order chi connectivity index (χ1) is 11.3. The third-order valence-electron chi connectivity index (χ3n) is 2.98. The lowest BCUT2D eigenvalue weighted by molar-refractivity contribution is -0.141. The van der Waals surface area contributed by atoms with Crippen LogP contribution in [0.1, 0.15) is 18.2 Å². The summed E-state index contributed by atoms with van der Waals surface area (Å²) >= 11 is 0. The number of para-hydroxylation sites is 1. The molecule has 0 bridgehead atoms. The number of nitrogens with zero attached hydrogens (tertiary/aromatic N) is 3. The Morgan fingerprint density at radius 3 is 2.62 bits per heavy atom. The maximum Gasteiger partial charge on any atom is 0.433 e. The third kappa shape index (κ3) is 4.33. The van der Waals surface area contributed by atoms with Gasteiger partial charge in [0.1, 0.15) is 11.9 Å². The molecule has 0 saturated heterocycles. The number of aliphatic hydroxyl groups excluding tert-OH is 1. The molecule has 3 N–H and O–H groups in total. The highest BCUT2D eigenvalue weighted by atomic mass is 19.4. The summed E-state index contributed by atoms with van der Waals surface area (Å²) in [6, 6.07) is 8.53. The molecule has 0 spiro atoms. The van der Waals surface area contributed by atoms with Crippen molar-refractivity contribution in [1.29, 1.82) is 5.26 Å². The normalized spacial score (nSPS) is 12.3. The maximum absolute atomic E-state index is 13.0. The lowest BCUT2D eigenvalue weighted by Gasteiger charge is -2.15. The molecule has 6 nitrogen and oxygen atoms in total. The Kier molecular flexibility index (Phi) is 5.21. The summed E-state index contributed by atoms with van der Waals surface area (Å²) in [5.41, 5.74) is -0.544. The van der Waals surface area contributed by atoms with Gasteiger partial charge in [0.25, 0.3) is 0 Å². The van der Waals surface area contributed by atoms with E-state index < -0.39 is 17.9 Å². The first-order valence-electron chi connectivity index (χ1n) is 6.93. The van der Waals surface area contributed by atoms with E-state index in [0.717, 1.165) is 6.07 Å². The fourth-order valence-electron chi connectivity index (χ4n) is 1.81. The first-order valence-corrected chi connectivity index (χ1v) is 6.93. The van der Waals surface area contributed by atoms with E-state index in [9.17, 15) is 13.2 Å². The Balaban J connectivity index is 2.41. The SMILES string of the molecule is C[C@@H](CO)Nc1nc(Nc2ccccc2C#N)cc(C(F)(F)F)n1. The van der Waals surface area contributed by atoms with Gasteiger partial charge >= 0.3 is 6.18 Å². The van der Waals surface area contributed by atoms with Gasteiger partial charge in [0.15, 0.2) is 5.69 Å². The molecule has 2 rings (SSSR count). The van der Waals surface area contributed by atoms with Crippen LogP contribution in [0.5, 0.6) is 0 Å². The molecule has 0 amide bonds. The van der Waals surface area contributed by atoms with Crippen LogP contribution >= 0.6 is 0 Å². The van der Waals surface area contributed by atoms with Crippen LogP contribution in [0, 0.1) is 11.3 Å². The highest BCUT2D eigenvalue weighted by Gasteiger charge is 2.34. The quantitative estimate of drug-likeness (QED) is 0.777. The fraction of sp³-hybridized carbons (Fsp3) is 0.267. The summed E-state index contributed by atoms with van der Waals surface area (Å²) in [5.74, 6) is -0.393. The van der Waals surface area contributed by atoms with Crippen LogP contribution in [0.3, 0.4) is 0 Å². The third-order valence-corrected chi connectivity index (χ3v) is 2.98. The molecule has 1 aromatic carbocycles. The molecule has 1 aromatic heterocycles. The van der Waals surface area contributed by atoms with Crippen molar-refractivity contribution in [3.05, 3.63) is 41.6 Å². The number of hydrogen-bond acceptors (Lipinski definition) is 6. The molecule has 0 unspecified atom stereocenters. The number of hydrogen-bond donors (Lipinski definition) is 3. The molecule has 0 radical (unpaired) electrons. The number of aliphatic hydroxyl groups is 1. The van der Waals surface area contributed by atoms with Crippen molar-refractivity contribution >= 4 is 17.5 Å². The Morgan fingerprint density at radius 2 is 2.00 bits per heavy atom. The van der Waals surface area contributed by atoms with Gasteiger partial charge in [-0.2, -0.15) is 23.4 Å². The zero-order valence-electron chi connectivity index (χ0n) is 12.6. The Hall–Kier alpha value is -2.86. The van der Waals surface area contributed by atoms with E-state index in [2.05, 4.69) is 20.6 Å². The number of benzene rings is 1. The van der Waals surface area contributed by atoms with E-state index in [1.807, 2.05) is 6.07 Å². The topological polar surface area (TPSA) is 93.9 Å². The summed E-state index contributed by atoms with van der Waals surface area (Å²) in [6.45, 7) is 1.28. The van der Waals surface area contributed by atoms with Crippen LogP contribution in [-0.2, 0) is 6.18 Å². The van der Waals surface area contributed by atoms with Gasteiger partial charge in [-0.05, 0) is 19.1 Å². The van der Waals surface area contributed by atoms with E-state index in [1.54, 1.807) is 25.1 Å². The highest BCUT2D eigenvalue weighted by molar-refractivity contribution is 5.65. The average molecular weight is 337 g/mol. The second kappa shape index (κ2) is 7.14. The molecule has 0 saturated carbocycles. The van der Waals surface area contributed by atoms with E-state index in [-0.39, 0.29) is 23.9 Å². The molecule has 0 aliphatic carbocycles. The second-order valence-electron chi connectivity index (χ2n) is 4.97. The van der Waals surface area contributed by atoms with Gasteiger partial charge in [-0.3, -0.25) is 0 Å². The number of anilines is 3. The smallest absolute Gasteiger partial charge is 0.394 e. The van der Waals surface area contributed by atoms with Crippen molar-refractivity contribution in [3.8, 4) is 6.07 Å². The van der Waals surface area contributed by atoms with E-state index in [1.165, 1.54) is 6.07 Å². The number of nitrogens with one attached hydrogen (secondary N) is 2. The Bertz CT molecular complexity index is 758. The Labute approximate surface area is 136 Å². The lowest BCUT2D eigenvalue weighted by Crippen LogP contribution is -2.22. The van der Waals surface area contributed by atoms with Crippen molar-refractivity contribution in [1.82, 2.24) is 9.97 Å². The van der Waals surface area contributed by atoms with Crippen molar-refractivity contribution in [3.63, 3.8) is 0 Å². The molecule has 126 valence electrons. The average Bonchev–Trinajstić information content (AvgIpc) is 2.54. The highest BCUT2D eigenvalue weighted by Crippen LogP contribution is 2.30. The first kappa shape index (κ1) is 17.5. The van der Waals surface area contributed by atoms with Crippen LogP contribution in [0.2, 0.25) is 0 Å². The number of halogens is 3. The van der Waals surface area contributed by atoms with Crippen molar-refractivity contribution in [2.24, 2.45) is 0 Å². The maximum atomic E-state index is 13.0. The summed E-state index contributed by atoms with van der Waals surface area (Å²) < 4.78 is 39.0. The molecule has 9 heteroatoms. The van der Waals surface area contributed by atoms with Crippen LogP contribution in [0.4, 0.5) is 30.6 Å². The standard InChI is InChI=1S/C15H14F3N5O/c1-9(8-24)20-14-22-12(15(16,17)18)6-13(23-14)21-11-5-3-2-4-10(11)7-19/h2-6,9,24H,8H2,1H3,(H2,20,21,22,23)/t9-/m0/s1. The number of aromatic nitrogens is 2. The molecule has 0 aliphatic rings. The fourth-order valence-corrected chi connectivity index (χ4v) is 1.81. The lowest BCUT2D eigenvalue weighted by atomic mass is 10.2. The predicted molar refractivity (Wildman–Crippen MR) is 81.6 cm³/mol. The molecular weight excluding hydrogens is 323 g/mol. The minimum absolute atomic E-state index is 0.118. The second-order valence-corrected chi connectivity index (χ2v) is 4.97. The predicted octanol–water partition coefficient (Wildman–Crippen LogP) is 2.90. The monoisotopic (exact) mass is 337 g/mol. The molecule has 1 heterocycles. The molecule has 2 aromatic rings. The zero-order valence-corrected chi connectivity index (χ0v) is 12.6. The summed E-state index contributed by atoms with van der Waals surface area (Å²) in [7, 11) is 0. The summed E-state index contributed by atoms with van der Waals surface area (Å²) in [4.78, 5) is 7.37. The van der Waals surface area contributed by atoms with Crippen molar-refractivity contribution in [2.45, 2.75) is 19.1 Å². The van der Waals surface area contributed by atoms with Gasteiger partial charge in [0.05, 0.1) is 17.9 Å². The van der Waals surface area contributed by atoms with Gasteiger partial charge in [-0.1, -0.05) is 12.1 Å². The van der Waals surface area contributed by atoms with E-state index in [4.69, 9.17) is 10.4 Å². The minimum atomic E-state index is -4.66. The Morgan fingerprint density at radius 1 is 1.29 bits per heavy atom. The molecule has 24 heavy (non-hydrogen) atoms. The molecule has 0 aliphatic heterocycles. The molecular formula is C15H14F3N5O. The van der Waals surface area contributed by atoms with Gasteiger partial charge < -0.3 is 15.7 Å². The van der Waals surface area contributed by atoms with Gasteiger partial charge in [-0.15, -0.1) is 0 Å². The zero-order chi connectivity index (χ0) is 17.7. The van der Waals surface area contributed by atoms with Crippen LogP contribution in [0.25, 0.3) is 0 Å².